The number of rotatable bonds is 10. The Morgan fingerprint density at radius 1 is 1.03 bits per heavy atom. The van der Waals surface area contributed by atoms with E-state index in [1.165, 1.54) is 0 Å². The van der Waals surface area contributed by atoms with Gasteiger partial charge in [-0.25, -0.2) is 30.7 Å². The van der Waals surface area contributed by atoms with Crippen LogP contribution in [0.1, 0.15) is 42.3 Å². The van der Waals surface area contributed by atoms with Gasteiger partial charge in [-0.3, -0.25) is 4.79 Å². The third-order valence-electron chi connectivity index (χ3n) is 4.15. The highest BCUT2D eigenvalue weighted by molar-refractivity contribution is 7.89. The molecule has 0 aromatic heterocycles. The Bertz CT molecular complexity index is 1150. The van der Waals surface area contributed by atoms with Crippen LogP contribution in [-0.4, -0.2) is 35.3 Å². The van der Waals surface area contributed by atoms with Crippen molar-refractivity contribution in [3.05, 3.63) is 65.0 Å². The Balaban J connectivity index is 2.21. The van der Waals surface area contributed by atoms with Gasteiger partial charge < -0.3 is 5.32 Å². The van der Waals surface area contributed by atoms with Gasteiger partial charge >= 0.3 is 0 Å². The lowest BCUT2D eigenvalue weighted by Crippen LogP contribution is -2.32. The largest absolute Gasteiger partial charge is 0.348 e. The predicted octanol–water partition coefficient (Wildman–Crippen LogP) is 1.88. The van der Waals surface area contributed by atoms with Crippen LogP contribution in [0.3, 0.4) is 0 Å². The van der Waals surface area contributed by atoms with Gasteiger partial charge in [0.05, 0.1) is 16.2 Å². The monoisotopic (exact) mass is 471 g/mol. The standard InChI is InChI=1S/C20H26FN3O5S2/c1-4-23-31(28,29)17-9-10-19(21)18(11-17)20(25)22-12-15-7-5-6-8-16(15)13-30(26,27)24-14(2)3/h5-11,14,23-24H,4,12-13H2,1-3H3,(H,22,25). The van der Waals surface area contributed by atoms with Crippen LogP contribution in [0.2, 0.25) is 0 Å². The zero-order valence-corrected chi connectivity index (χ0v) is 19.1. The predicted molar refractivity (Wildman–Crippen MR) is 116 cm³/mol. The van der Waals surface area contributed by atoms with E-state index in [0.29, 0.717) is 11.1 Å². The van der Waals surface area contributed by atoms with E-state index in [1.54, 1.807) is 45.0 Å². The van der Waals surface area contributed by atoms with Crippen molar-refractivity contribution >= 4 is 26.0 Å². The van der Waals surface area contributed by atoms with Crippen LogP contribution in [0.5, 0.6) is 0 Å². The van der Waals surface area contributed by atoms with Crippen molar-refractivity contribution in [1.29, 1.82) is 0 Å². The maximum Gasteiger partial charge on any atom is 0.254 e. The van der Waals surface area contributed by atoms with E-state index >= 15 is 0 Å². The van der Waals surface area contributed by atoms with Gasteiger partial charge in [-0.1, -0.05) is 31.2 Å². The van der Waals surface area contributed by atoms with Gasteiger partial charge in [-0.2, -0.15) is 0 Å². The molecule has 0 bridgehead atoms. The topological polar surface area (TPSA) is 121 Å². The zero-order chi connectivity index (χ0) is 23.2. The third kappa shape index (κ3) is 7.10. The molecule has 0 heterocycles. The molecule has 0 radical (unpaired) electrons. The fourth-order valence-electron chi connectivity index (χ4n) is 2.87. The molecule has 0 aliphatic rings. The van der Waals surface area contributed by atoms with Crippen molar-refractivity contribution in [2.24, 2.45) is 0 Å². The summed E-state index contributed by atoms with van der Waals surface area (Å²) >= 11 is 0. The number of benzene rings is 2. The van der Waals surface area contributed by atoms with Crippen molar-refractivity contribution in [2.75, 3.05) is 6.54 Å². The van der Waals surface area contributed by atoms with E-state index in [1.807, 2.05) is 0 Å². The molecule has 0 aliphatic heterocycles. The molecule has 3 N–H and O–H groups in total. The Morgan fingerprint density at radius 3 is 2.29 bits per heavy atom. The summed E-state index contributed by atoms with van der Waals surface area (Å²) < 4.78 is 67.7. The van der Waals surface area contributed by atoms with Crippen molar-refractivity contribution < 1.29 is 26.0 Å². The number of carbonyl (C=O) groups excluding carboxylic acids is 1. The zero-order valence-electron chi connectivity index (χ0n) is 17.5. The van der Waals surface area contributed by atoms with Crippen molar-refractivity contribution in [2.45, 2.75) is 44.0 Å². The van der Waals surface area contributed by atoms with Gasteiger partial charge in [0.2, 0.25) is 20.0 Å². The van der Waals surface area contributed by atoms with Crippen molar-refractivity contribution in [3.8, 4) is 0 Å². The van der Waals surface area contributed by atoms with Crippen LogP contribution < -0.4 is 14.8 Å². The SMILES string of the molecule is CCNS(=O)(=O)c1ccc(F)c(C(=O)NCc2ccccc2CS(=O)(=O)NC(C)C)c1. The summed E-state index contributed by atoms with van der Waals surface area (Å²) in [7, 11) is -7.44. The van der Waals surface area contributed by atoms with E-state index in [0.717, 1.165) is 18.2 Å². The van der Waals surface area contributed by atoms with Crippen LogP contribution in [0.4, 0.5) is 4.39 Å². The minimum Gasteiger partial charge on any atom is -0.348 e. The molecular weight excluding hydrogens is 445 g/mol. The van der Waals surface area contributed by atoms with Gasteiger partial charge in [0.1, 0.15) is 5.82 Å². The summed E-state index contributed by atoms with van der Waals surface area (Å²) in [6.07, 6.45) is 0. The number of sulfonamides is 2. The second-order valence-electron chi connectivity index (χ2n) is 7.13. The maximum atomic E-state index is 14.2. The lowest BCUT2D eigenvalue weighted by atomic mass is 10.1. The van der Waals surface area contributed by atoms with E-state index in [9.17, 15) is 26.0 Å². The highest BCUT2D eigenvalue weighted by atomic mass is 32.2. The lowest BCUT2D eigenvalue weighted by Gasteiger charge is -2.14. The number of hydrogen-bond donors (Lipinski definition) is 3. The molecule has 2 rings (SSSR count). The highest BCUT2D eigenvalue weighted by Gasteiger charge is 2.20. The minimum absolute atomic E-state index is 0.0597. The lowest BCUT2D eigenvalue weighted by molar-refractivity contribution is 0.0946. The van der Waals surface area contributed by atoms with Crippen LogP contribution in [0, 0.1) is 5.82 Å². The molecule has 170 valence electrons. The smallest absolute Gasteiger partial charge is 0.254 e. The summed E-state index contributed by atoms with van der Waals surface area (Å²) in [4.78, 5) is 12.3. The first-order chi connectivity index (χ1) is 14.4. The second kappa shape index (κ2) is 10.3. The molecule has 0 unspecified atom stereocenters. The Morgan fingerprint density at radius 2 is 1.68 bits per heavy atom. The summed E-state index contributed by atoms with van der Waals surface area (Å²) in [6.45, 7) is 5.11. The molecule has 8 nitrogen and oxygen atoms in total. The van der Waals surface area contributed by atoms with Crippen LogP contribution in [0.25, 0.3) is 0 Å². The number of carbonyl (C=O) groups is 1. The summed E-state index contributed by atoms with van der Waals surface area (Å²) in [5, 5.41) is 2.52. The first-order valence-corrected chi connectivity index (χ1v) is 12.7. The quantitative estimate of drug-likeness (QED) is 0.489. The molecule has 11 heteroatoms. The number of hydrogen-bond acceptors (Lipinski definition) is 5. The Labute approximate surface area is 182 Å². The van der Waals surface area contributed by atoms with E-state index in [2.05, 4.69) is 14.8 Å². The number of halogens is 1. The molecule has 2 aromatic rings. The summed E-state index contributed by atoms with van der Waals surface area (Å²) in [5.41, 5.74) is 0.604. The number of amides is 1. The minimum atomic E-state index is -3.86. The highest BCUT2D eigenvalue weighted by Crippen LogP contribution is 2.16. The van der Waals surface area contributed by atoms with Gasteiger partial charge in [0, 0.05) is 19.1 Å². The van der Waals surface area contributed by atoms with Crippen LogP contribution in [0.15, 0.2) is 47.4 Å². The molecule has 0 fully saturated rings. The molecule has 0 spiro atoms. The molecule has 0 saturated carbocycles. The fraction of sp³-hybridized carbons (Fsp3) is 0.350. The Kier molecular flexibility index (Phi) is 8.29. The van der Waals surface area contributed by atoms with Crippen molar-refractivity contribution in [3.63, 3.8) is 0 Å². The molecule has 1 amide bonds. The van der Waals surface area contributed by atoms with Crippen molar-refractivity contribution in [1.82, 2.24) is 14.8 Å². The van der Waals surface area contributed by atoms with Crippen LogP contribution in [-0.2, 0) is 32.3 Å². The average Bonchev–Trinajstić information content (AvgIpc) is 2.65. The van der Waals surface area contributed by atoms with E-state index in [-0.39, 0.29) is 29.8 Å². The molecule has 31 heavy (non-hydrogen) atoms. The molecule has 2 aromatic carbocycles. The molecule has 0 atom stereocenters. The second-order valence-corrected chi connectivity index (χ2v) is 10.6. The van der Waals surface area contributed by atoms with Gasteiger partial charge in [-0.15, -0.1) is 0 Å². The van der Waals surface area contributed by atoms with Gasteiger partial charge in [0.15, 0.2) is 0 Å². The van der Waals surface area contributed by atoms with Crippen LogP contribution >= 0.6 is 0 Å². The maximum absolute atomic E-state index is 14.2. The van der Waals surface area contributed by atoms with Gasteiger partial charge in [-0.05, 0) is 43.2 Å². The van der Waals surface area contributed by atoms with Gasteiger partial charge in [0.25, 0.3) is 5.91 Å². The van der Waals surface area contributed by atoms with E-state index in [4.69, 9.17) is 0 Å². The first-order valence-electron chi connectivity index (χ1n) is 9.59. The molecule has 0 saturated heterocycles. The number of nitrogens with one attached hydrogen (secondary N) is 3. The summed E-state index contributed by atoms with van der Waals surface area (Å²) in [6, 6.07) is 9.35. The Hall–Kier alpha value is -2.34. The first kappa shape index (κ1) is 24.9. The normalized spacial score (nSPS) is 12.2. The average molecular weight is 472 g/mol. The van der Waals surface area contributed by atoms with E-state index < -0.39 is 37.3 Å². The molecule has 0 aliphatic carbocycles. The third-order valence-corrected chi connectivity index (χ3v) is 7.21. The fourth-order valence-corrected chi connectivity index (χ4v) is 5.43. The molecular formula is C20H26FN3O5S2. The summed E-state index contributed by atoms with van der Waals surface area (Å²) in [5.74, 6) is -1.96.